The summed E-state index contributed by atoms with van der Waals surface area (Å²) in [6, 6.07) is 5.88. The predicted octanol–water partition coefficient (Wildman–Crippen LogP) is 2.68. The van der Waals surface area contributed by atoms with Crippen molar-refractivity contribution in [3.8, 4) is 0 Å². The van der Waals surface area contributed by atoms with Crippen LogP contribution in [0.2, 0.25) is 0 Å². The van der Waals surface area contributed by atoms with Crippen molar-refractivity contribution in [2.75, 3.05) is 11.1 Å². The molecule has 0 radical (unpaired) electrons. The first-order chi connectivity index (χ1) is 10.5. The molecule has 0 spiro atoms. The number of aryl methyl sites for hydroxylation is 1. The third kappa shape index (κ3) is 4.30. The molecule has 0 saturated heterocycles. The SMILES string of the molecule is Cc1cccc(NC(=O)CSc2nnnn2CC(C)C)c1C. The number of aromatic nitrogens is 4. The van der Waals surface area contributed by atoms with E-state index in [0.29, 0.717) is 11.1 Å². The molecule has 118 valence electrons. The van der Waals surface area contributed by atoms with Crippen molar-refractivity contribution < 1.29 is 4.79 Å². The number of hydrogen-bond acceptors (Lipinski definition) is 5. The van der Waals surface area contributed by atoms with E-state index in [0.717, 1.165) is 23.4 Å². The van der Waals surface area contributed by atoms with E-state index in [4.69, 9.17) is 0 Å². The number of anilines is 1. The van der Waals surface area contributed by atoms with Gasteiger partial charge in [-0.15, -0.1) is 5.10 Å². The first kappa shape index (κ1) is 16.5. The van der Waals surface area contributed by atoms with E-state index in [9.17, 15) is 4.79 Å². The number of thioether (sulfide) groups is 1. The largest absolute Gasteiger partial charge is 0.325 e. The van der Waals surface area contributed by atoms with Gasteiger partial charge in [-0.3, -0.25) is 4.79 Å². The normalized spacial score (nSPS) is 11.0. The minimum absolute atomic E-state index is 0.0576. The summed E-state index contributed by atoms with van der Waals surface area (Å²) in [5.74, 6) is 0.677. The number of carbonyl (C=O) groups excluding carboxylic acids is 1. The number of tetrazole rings is 1. The smallest absolute Gasteiger partial charge is 0.234 e. The fraction of sp³-hybridized carbons (Fsp3) is 0.467. The van der Waals surface area contributed by atoms with Crippen LogP contribution in [0.4, 0.5) is 5.69 Å². The maximum Gasteiger partial charge on any atom is 0.234 e. The highest BCUT2D eigenvalue weighted by molar-refractivity contribution is 7.99. The second-order valence-corrected chi connectivity index (χ2v) is 6.56. The van der Waals surface area contributed by atoms with Crippen LogP contribution in [0.1, 0.15) is 25.0 Å². The highest BCUT2D eigenvalue weighted by Gasteiger charge is 2.12. The van der Waals surface area contributed by atoms with Crippen LogP contribution in [0.15, 0.2) is 23.4 Å². The molecule has 0 aliphatic carbocycles. The summed E-state index contributed by atoms with van der Waals surface area (Å²) in [6.07, 6.45) is 0. The Kier molecular flexibility index (Phi) is 5.54. The molecule has 0 bridgehead atoms. The summed E-state index contributed by atoms with van der Waals surface area (Å²) in [4.78, 5) is 12.1. The Bertz CT molecular complexity index is 653. The number of nitrogens with one attached hydrogen (secondary N) is 1. The minimum atomic E-state index is -0.0576. The van der Waals surface area contributed by atoms with Gasteiger partial charge in [0.15, 0.2) is 0 Å². The van der Waals surface area contributed by atoms with Gasteiger partial charge in [-0.05, 0) is 47.4 Å². The predicted molar refractivity (Wildman–Crippen MR) is 87.9 cm³/mol. The number of carbonyl (C=O) groups is 1. The highest BCUT2D eigenvalue weighted by atomic mass is 32.2. The molecule has 2 aromatic rings. The number of rotatable bonds is 6. The van der Waals surface area contributed by atoms with Crippen molar-refractivity contribution in [1.29, 1.82) is 0 Å². The van der Waals surface area contributed by atoms with Crippen LogP contribution in [0.5, 0.6) is 0 Å². The molecule has 0 aliphatic rings. The molecule has 0 saturated carbocycles. The van der Waals surface area contributed by atoms with Crippen LogP contribution < -0.4 is 5.32 Å². The average molecular weight is 319 g/mol. The van der Waals surface area contributed by atoms with Crippen molar-refractivity contribution in [3.05, 3.63) is 29.3 Å². The molecule has 0 aliphatic heterocycles. The summed E-state index contributed by atoms with van der Waals surface area (Å²) in [7, 11) is 0. The van der Waals surface area contributed by atoms with Gasteiger partial charge in [0.25, 0.3) is 0 Å². The Morgan fingerprint density at radius 2 is 2.14 bits per heavy atom. The zero-order chi connectivity index (χ0) is 16.1. The van der Waals surface area contributed by atoms with Crippen LogP contribution in [0.3, 0.4) is 0 Å². The van der Waals surface area contributed by atoms with Crippen molar-refractivity contribution in [1.82, 2.24) is 20.2 Å². The minimum Gasteiger partial charge on any atom is -0.325 e. The van der Waals surface area contributed by atoms with Crippen LogP contribution in [0, 0.1) is 19.8 Å². The quantitative estimate of drug-likeness (QED) is 0.829. The van der Waals surface area contributed by atoms with E-state index in [2.05, 4.69) is 34.7 Å². The van der Waals surface area contributed by atoms with Gasteiger partial charge in [0.2, 0.25) is 11.1 Å². The van der Waals surface area contributed by atoms with E-state index in [1.165, 1.54) is 11.8 Å². The molecule has 0 fully saturated rings. The lowest BCUT2D eigenvalue weighted by atomic mass is 10.1. The molecule has 6 nitrogen and oxygen atoms in total. The maximum absolute atomic E-state index is 12.1. The number of benzene rings is 1. The highest BCUT2D eigenvalue weighted by Crippen LogP contribution is 2.19. The molecule has 0 atom stereocenters. The van der Waals surface area contributed by atoms with Crippen LogP contribution in [0.25, 0.3) is 0 Å². The van der Waals surface area contributed by atoms with E-state index >= 15 is 0 Å². The monoisotopic (exact) mass is 319 g/mol. The third-order valence-corrected chi connectivity index (χ3v) is 4.21. The maximum atomic E-state index is 12.1. The fourth-order valence-corrected chi connectivity index (χ4v) is 2.65. The lowest BCUT2D eigenvalue weighted by Crippen LogP contribution is -2.16. The van der Waals surface area contributed by atoms with Gasteiger partial charge in [0.1, 0.15) is 0 Å². The summed E-state index contributed by atoms with van der Waals surface area (Å²) < 4.78 is 1.74. The molecule has 7 heteroatoms. The second-order valence-electron chi connectivity index (χ2n) is 5.62. The standard InChI is InChI=1S/C15H21N5OS/c1-10(2)8-20-15(17-18-19-20)22-9-14(21)16-13-7-5-6-11(3)12(13)4/h5-7,10H,8-9H2,1-4H3,(H,16,21). The summed E-state index contributed by atoms with van der Waals surface area (Å²) in [5, 5.41) is 15.2. The Morgan fingerprint density at radius 1 is 1.36 bits per heavy atom. The van der Waals surface area contributed by atoms with Gasteiger partial charge in [-0.2, -0.15) is 0 Å². The molecule has 1 aromatic carbocycles. The molecular formula is C15H21N5OS. The molecule has 1 heterocycles. The van der Waals surface area contributed by atoms with Gasteiger partial charge < -0.3 is 5.32 Å². The number of hydrogen-bond donors (Lipinski definition) is 1. The van der Waals surface area contributed by atoms with Crippen molar-refractivity contribution in [2.24, 2.45) is 5.92 Å². The van der Waals surface area contributed by atoms with Crippen molar-refractivity contribution in [3.63, 3.8) is 0 Å². The molecule has 22 heavy (non-hydrogen) atoms. The van der Waals surface area contributed by atoms with Gasteiger partial charge in [0, 0.05) is 12.2 Å². The van der Waals surface area contributed by atoms with Gasteiger partial charge in [0.05, 0.1) is 5.75 Å². The molecule has 1 aromatic heterocycles. The fourth-order valence-electron chi connectivity index (χ4n) is 1.96. The van der Waals surface area contributed by atoms with Gasteiger partial charge in [-0.25, -0.2) is 4.68 Å². The molecule has 1 N–H and O–H groups in total. The first-order valence-electron chi connectivity index (χ1n) is 7.22. The topological polar surface area (TPSA) is 72.7 Å². The number of amides is 1. The lowest BCUT2D eigenvalue weighted by molar-refractivity contribution is -0.113. The first-order valence-corrected chi connectivity index (χ1v) is 8.21. The number of nitrogens with zero attached hydrogens (tertiary/aromatic N) is 4. The second kappa shape index (κ2) is 7.40. The van der Waals surface area contributed by atoms with E-state index in [-0.39, 0.29) is 11.7 Å². The third-order valence-electron chi connectivity index (χ3n) is 3.25. The van der Waals surface area contributed by atoms with Gasteiger partial charge >= 0.3 is 0 Å². The van der Waals surface area contributed by atoms with E-state index < -0.39 is 0 Å². The molecule has 0 unspecified atom stereocenters. The van der Waals surface area contributed by atoms with Crippen LogP contribution in [-0.4, -0.2) is 31.9 Å². The summed E-state index contributed by atoms with van der Waals surface area (Å²) >= 11 is 1.35. The summed E-state index contributed by atoms with van der Waals surface area (Å²) in [5.41, 5.74) is 3.10. The van der Waals surface area contributed by atoms with Crippen molar-refractivity contribution >= 4 is 23.4 Å². The molecular weight excluding hydrogens is 298 g/mol. The van der Waals surface area contributed by atoms with E-state index in [1.807, 2.05) is 32.0 Å². The van der Waals surface area contributed by atoms with E-state index in [1.54, 1.807) is 4.68 Å². The molecule has 1 amide bonds. The average Bonchev–Trinajstić information content (AvgIpc) is 2.88. The Morgan fingerprint density at radius 3 is 2.86 bits per heavy atom. The zero-order valence-electron chi connectivity index (χ0n) is 13.3. The van der Waals surface area contributed by atoms with Crippen molar-refractivity contribution in [2.45, 2.75) is 39.4 Å². The van der Waals surface area contributed by atoms with Gasteiger partial charge in [-0.1, -0.05) is 37.7 Å². The van der Waals surface area contributed by atoms with Crippen LogP contribution >= 0.6 is 11.8 Å². The van der Waals surface area contributed by atoms with Crippen LogP contribution in [-0.2, 0) is 11.3 Å². The lowest BCUT2D eigenvalue weighted by Gasteiger charge is -2.10. The Hall–Kier alpha value is -1.89. The molecule has 2 rings (SSSR count). The Labute approximate surface area is 134 Å². The Balaban J connectivity index is 1.93. The zero-order valence-corrected chi connectivity index (χ0v) is 14.1. The summed E-state index contributed by atoms with van der Waals surface area (Å²) in [6.45, 7) is 8.97.